The molecule has 0 rings (SSSR count). The van der Waals surface area contributed by atoms with E-state index in [4.69, 9.17) is 0 Å². The van der Waals surface area contributed by atoms with E-state index >= 15 is 0 Å². The molecule has 0 aromatic rings. The van der Waals surface area contributed by atoms with Crippen LogP contribution in [0.2, 0.25) is 0 Å². The zero-order chi connectivity index (χ0) is 9.23. The molecule has 1 unspecified atom stereocenters. The summed E-state index contributed by atoms with van der Waals surface area (Å²) >= 11 is 0. The van der Waals surface area contributed by atoms with Gasteiger partial charge in [-0.1, -0.05) is 60.8 Å². The Hall–Kier alpha value is 0.440. The van der Waals surface area contributed by atoms with Crippen LogP contribution in [0.5, 0.6) is 0 Å². The van der Waals surface area contributed by atoms with Gasteiger partial charge in [0.2, 0.25) is 0 Å². The third-order valence-electron chi connectivity index (χ3n) is 1.63. The van der Waals surface area contributed by atoms with Crippen LogP contribution in [0.3, 0.4) is 0 Å². The molecule has 0 aliphatic rings. The molecule has 0 fully saturated rings. The van der Waals surface area contributed by atoms with Gasteiger partial charge in [0.15, 0.2) is 0 Å². The van der Waals surface area contributed by atoms with Crippen molar-refractivity contribution in [1.82, 2.24) is 0 Å². The summed E-state index contributed by atoms with van der Waals surface area (Å²) in [6.07, 6.45) is 7.44. The van der Waals surface area contributed by atoms with Crippen LogP contribution in [0.4, 0.5) is 0 Å². The van der Waals surface area contributed by atoms with Crippen molar-refractivity contribution in [1.29, 1.82) is 0 Å². The Labute approximate surface area is 85.0 Å². The Morgan fingerprint density at radius 3 is 2.75 bits per heavy atom. The normalized spacial score (nSPS) is 12.8. The van der Waals surface area contributed by atoms with Crippen molar-refractivity contribution >= 4 is 21.6 Å². The van der Waals surface area contributed by atoms with E-state index in [2.05, 4.69) is 20.4 Å². The second-order valence-electron chi connectivity index (χ2n) is 2.98. The van der Waals surface area contributed by atoms with Gasteiger partial charge in [0.25, 0.3) is 0 Å². The predicted molar refractivity (Wildman–Crippen MR) is 63.9 cm³/mol. The number of hydrogen-bond acceptors (Lipinski definition) is 2. The topological polar surface area (TPSA) is 0 Å². The zero-order valence-corrected chi connectivity index (χ0v) is 9.85. The van der Waals surface area contributed by atoms with Gasteiger partial charge in [-0.3, -0.25) is 0 Å². The quantitative estimate of drug-likeness (QED) is 0.324. The van der Waals surface area contributed by atoms with E-state index in [-0.39, 0.29) is 0 Å². The van der Waals surface area contributed by atoms with Gasteiger partial charge in [0.1, 0.15) is 0 Å². The second-order valence-corrected chi connectivity index (χ2v) is 5.83. The summed E-state index contributed by atoms with van der Waals surface area (Å²) in [4.78, 5) is 0. The molecule has 0 aliphatic heterocycles. The summed E-state index contributed by atoms with van der Waals surface area (Å²) in [5, 5.41) is 0.807. The molecule has 0 heterocycles. The van der Waals surface area contributed by atoms with Gasteiger partial charge in [0, 0.05) is 11.0 Å². The first-order chi connectivity index (χ1) is 5.81. The van der Waals surface area contributed by atoms with Crippen LogP contribution in [0, 0.1) is 0 Å². The summed E-state index contributed by atoms with van der Waals surface area (Å²) in [5.41, 5.74) is 0. The maximum Gasteiger partial charge on any atom is 0.0215 e. The molecule has 0 aromatic carbocycles. The van der Waals surface area contributed by atoms with Crippen LogP contribution in [-0.4, -0.2) is 11.0 Å². The van der Waals surface area contributed by atoms with Crippen molar-refractivity contribution in [3.63, 3.8) is 0 Å². The van der Waals surface area contributed by atoms with Gasteiger partial charge in [-0.15, -0.1) is 6.58 Å². The molecule has 0 N–H and O–H groups in total. The molecule has 0 saturated carbocycles. The van der Waals surface area contributed by atoms with Gasteiger partial charge in [-0.25, -0.2) is 0 Å². The Morgan fingerprint density at radius 1 is 1.42 bits per heavy atom. The Bertz CT molecular complexity index is 102. The summed E-state index contributed by atoms with van der Waals surface area (Å²) in [6.45, 7) is 8.27. The van der Waals surface area contributed by atoms with Crippen molar-refractivity contribution in [3.05, 3.63) is 12.7 Å². The molecule has 0 radical (unpaired) electrons. The highest BCUT2D eigenvalue weighted by molar-refractivity contribution is 8.77. The van der Waals surface area contributed by atoms with Gasteiger partial charge in [-0.2, -0.15) is 0 Å². The lowest BCUT2D eigenvalue weighted by molar-refractivity contribution is 0.666. The lowest BCUT2D eigenvalue weighted by Gasteiger charge is -2.08. The maximum atomic E-state index is 3.70. The molecular weight excluding hydrogens is 184 g/mol. The van der Waals surface area contributed by atoms with Crippen molar-refractivity contribution in [2.24, 2.45) is 0 Å². The number of unbranched alkanes of at least 4 members (excludes halogenated alkanes) is 2. The van der Waals surface area contributed by atoms with Gasteiger partial charge in [-0.05, 0) is 6.42 Å². The van der Waals surface area contributed by atoms with E-state index in [1.54, 1.807) is 0 Å². The minimum atomic E-state index is 0.807. The van der Waals surface area contributed by atoms with Crippen molar-refractivity contribution in [2.45, 2.75) is 44.8 Å². The van der Waals surface area contributed by atoms with Crippen LogP contribution >= 0.6 is 21.6 Å². The molecule has 72 valence electrons. The Balaban J connectivity index is 3.09. The molecule has 0 spiro atoms. The highest BCUT2D eigenvalue weighted by Crippen LogP contribution is 2.29. The summed E-state index contributed by atoms with van der Waals surface area (Å²) in [5.74, 6) is 1.07. The number of hydrogen-bond donors (Lipinski definition) is 0. The highest BCUT2D eigenvalue weighted by atomic mass is 33.1. The van der Waals surface area contributed by atoms with Gasteiger partial charge >= 0.3 is 0 Å². The first kappa shape index (κ1) is 12.4. The largest absolute Gasteiger partial charge is 0.102 e. The van der Waals surface area contributed by atoms with Crippen molar-refractivity contribution in [2.75, 3.05) is 5.75 Å². The molecule has 12 heavy (non-hydrogen) atoms. The Morgan fingerprint density at radius 2 is 2.17 bits per heavy atom. The average molecular weight is 204 g/mol. The van der Waals surface area contributed by atoms with Crippen LogP contribution in [0.25, 0.3) is 0 Å². The fraction of sp³-hybridized carbons (Fsp3) is 0.800. The van der Waals surface area contributed by atoms with Crippen LogP contribution < -0.4 is 0 Å². The van der Waals surface area contributed by atoms with Crippen LogP contribution in [-0.2, 0) is 0 Å². The molecule has 2 heteroatoms. The first-order valence-corrected chi connectivity index (χ1v) is 7.08. The van der Waals surface area contributed by atoms with Crippen LogP contribution in [0.15, 0.2) is 12.7 Å². The van der Waals surface area contributed by atoms with Gasteiger partial charge < -0.3 is 0 Å². The lowest BCUT2D eigenvalue weighted by Crippen LogP contribution is -1.93. The lowest BCUT2D eigenvalue weighted by atomic mass is 10.2. The maximum absolute atomic E-state index is 3.70. The summed E-state index contributed by atoms with van der Waals surface area (Å²) in [6, 6.07) is 0. The van der Waals surface area contributed by atoms with E-state index in [9.17, 15) is 0 Å². The second kappa shape index (κ2) is 9.53. The first-order valence-electron chi connectivity index (χ1n) is 4.70. The average Bonchev–Trinajstić information content (AvgIpc) is 2.06. The zero-order valence-electron chi connectivity index (χ0n) is 8.21. The minimum absolute atomic E-state index is 0.807. The molecule has 0 aromatic heterocycles. The fourth-order valence-electron chi connectivity index (χ4n) is 0.933. The van der Waals surface area contributed by atoms with Gasteiger partial charge in [0.05, 0.1) is 0 Å². The predicted octanol–water partition coefficient (Wildman–Crippen LogP) is 4.52. The smallest absolute Gasteiger partial charge is 0.0215 e. The third kappa shape index (κ3) is 8.54. The SMILES string of the molecule is C=CCSSC(C)CCCCC. The van der Waals surface area contributed by atoms with E-state index in [0.717, 1.165) is 11.0 Å². The molecule has 0 aliphatic carbocycles. The summed E-state index contributed by atoms with van der Waals surface area (Å²) in [7, 11) is 3.91. The van der Waals surface area contributed by atoms with E-state index in [0.29, 0.717) is 0 Å². The third-order valence-corrected chi connectivity index (χ3v) is 4.51. The van der Waals surface area contributed by atoms with Crippen molar-refractivity contribution in [3.8, 4) is 0 Å². The van der Waals surface area contributed by atoms with E-state index in [1.807, 2.05) is 27.7 Å². The number of rotatable bonds is 8. The van der Waals surface area contributed by atoms with E-state index in [1.165, 1.54) is 25.7 Å². The molecule has 0 saturated heterocycles. The van der Waals surface area contributed by atoms with E-state index < -0.39 is 0 Å². The Kier molecular flexibility index (Phi) is 9.88. The molecule has 0 nitrogen and oxygen atoms in total. The molecule has 1 atom stereocenters. The summed E-state index contributed by atoms with van der Waals surface area (Å²) < 4.78 is 0. The highest BCUT2D eigenvalue weighted by Gasteiger charge is 2.01. The molecular formula is C10H20S2. The monoisotopic (exact) mass is 204 g/mol. The van der Waals surface area contributed by atoms with Crippen LogP contribution in [0.1, 0.15) is 39.5 Å². The molecule has 0 bridgehead atoms. The van der Waals surface area contributed by atoms with Crippen molar-refractivity contribution < 1.29 is 0 Å². The minimum Gasteiger partial charge on any atom is -0.102 e. The standard InChI is InChI=1S/C10H20S2/c1-4-6-7-8-10(3)12-11-9-5-2/h5,10H,2,4,6-9H2,1,3H3. The fourth-order valence-corrected chi connectivity index (χ4v) is 3.11. The molecule has 0 amide bonds.